The van der Waals surface area contributed by atoms with Crippen molar-refractivity contribution in [2.24, 2.45) is 0 Å². The first-order valence-electron chi connectivity index (χ1n) is 8.43. The minimum absolute atomic E-state index is 0.113. The lowest BCUT2D eigenvalue weighted by atomic mass is 10.0. The number of ether oxygens (including phenoxy) is 1. The van der Waals surface area contributed by atoms with Crippen molar-refractivity contribution in [3.63, 3.8) is 0 Å². The fourth-order valence-electron chi connectivity index (χ4n) is 2.47. The highest BCUT2D eigenvalue weighted by molar-refractivity contribution is 5.79. The van der Waals surface area contributed by atoms with Crippen molar-refractivity contribution < 1.29 is 18.7 Å². The van der Waals surface area contributed by atoms with E-state index in [0.717, 1.165) is 11.1 Å². The van der Waals surface area contributed by atoms with Crippen molar-refractivity contribution in [3.05, 3.63) is 65.5 Å². The van der Waals surface area contributed by atoms with Crippen LogP contribution in [0.2, 0.25) is 0 Å². The summed E-state index contributed by atoms with van der Waals surface area (Å²) in [6.07, 6.45) is 0.113. The van der Waals surface area contributed by atoms with E-state index in [0.29, 0.717) is 0 Å². The molecule has 2 amide bonds. The standard InChI is InChI=1S/C20H23FN2O3/c1-14-7-9-16(10-8-14)18(23-15(2)24)13-20(25)22-11-12-26-19-6-4-3-5-17(19)21/h3-10,18H,11-13H2,1-2H3,(H,22,25)(H,23,24). The second kappa shape index (κ2) is 9.56. The molecule has 0 radical (unpaired) electrons. The maximum Gasteiger partial charge on any atom is 0.222 e. The highest BCUT2D eigenvalue weighted by atomic mass is 19.1. The van der Waals surface area contributed by atoms with Crippen molar-refractivity contribution >= 4 is 11.8 Å². The summed E-state index contributed by atoms with van der Waals surface area (Å²) in [5.74, 6) is -0.714. The van der Waals surface area contributed by atoms with Crippen LogP contribution in [0.15, 0.2) is 48.5 Å². The monoisotopic (exact) mass is 358 g/mol. The Hall–Kier alpha value is -2.89. The highest BCUT2D eigenvalue weighted by Crippen LogP contribution is 2.18. The number of para-hydroxylation sites is 1. The summed E-state index contributed by atoms with van der Waals surface area (Å²) in [5.41, 5.74) is 1.97. The number of rotatable bonds is 8. The highest BCUT2D eigenvalue weighted by Gasteiger charge is 2.17. The van der Waals surface area contributed by atoms with Crippen LogP contribution >= 0.6 is 0 Å². The Balaban J connectivity index is 1.84. The second-order valence-electron chi connectivity index (χ2n) is 6.00. The molecule has 0 fully saturated rings. The third-order valence-electron chi connectivity index (χ3n) is 3.77. The van der Waals surface area contributed by atoms with E-state index in [-0.39, 0.29) is 37.1 Å². The van der Waals surface area contributed by atoms with Crippen LogP contribution in [0.5, 0.6) is 5.75 Å². The fourth-order valence-corrected chi connectivity index (χ4v) is 2.47. The number of hydrogen-bond donors (Lipinski definition) is 2. The van der Waals surface area contributed by atoms with Crippen molar-refractivity contribution in [1.82, 2.24) is 10.6 Å². The molecule has 5 nitrogen and oxygen atoms in total. The van der Waals surface area contributed by atoms with E-state index in [4.69, 9.17) is 4.74 Å². The van der Waals surface area contributed by atoms with Crippen LogP contribution in [0.3, 0.4) is 0 Å². The third kappa shape index (κ3) is 6.20. The van der Waals surface area contributed by atoms with E-state index in [9.17, 15) is 14.0 Å². The second-order valence-corrected chi connectivity index (χ2v) is 6.00. The summed E-state index contributed by atoms with van der Waals surface area (Å²) >= 11 is 0. The van der Waals surface area contributed by atoms with Crippen LogP contribution in [-0.2, 0) is 9.59 Å². The lowest BCUT2D eigenvalue weighted by molar-refractivity contribution is -0.122. The molecule has 0 aliphatic rings. The maximum absolute atomic E-state index is 13.4. The van der Waals surface area contributed by atoms with Gasteiger partial charge in [-0.3, -0.25) is 9.59 Å². The molecule has 0 aliphatic heterocycles. The summed E-state index contributed by atoms with van der Waals surface area (Å²) in [6.45, 7) is 3.79. The number of carbonyl (C=O) groups is 2. The van der Waals surface area contributed by atoms with E-state index in [1.54, 1.807) is 12.1 Å². The normalized spacial score (nSPS) is 11.5. The molecule has 138 valence electrons. The van der Waals surface area contributed by atoms with Crippen LogP contribution in [0.1, 0.15) is 30.5 Å². The SMILES string of the molecule is CC(=O)NC(CC(=O)NCCOc1ccccc1F)c1ccc(C)cc1. The molecule has 2 rings (SSSR count). The smallest absolute Gasteiger partial charge is 0.222 e. The molecule has 6 heteroatoms. The summed E-state index contributed by atoms with van der Waals surface area (Å²) in [5, 5.41) is 5.51. The Kier molecular flexibility index (Phi) is 7.14. The summed E-state index contributed by atoms with van der Waals surface area (Å²) in [7, 11) is 0. The molecular formula is C20H23FN2O3. The zero-order valence-corrected chi connectivity index (χ0v) is 14.9. The van der Waals surface area contributed by atoms with E-state index in [1.807, 2.05) is 31.2 Å². The van der Waals surface area contributed by atoms with Crippen LogP contribution in [0.4, 0.5) is 4.39 Å². The third-order valence-corrected chi connectivity index (χ3v) is 3.77. The summed E-state index contributed by atoms with van der Waals surface area (Å²) in [4.78, 5) is 23.6. The van der Waals surface area contributed by atoms with Crippen molar-refractivity contribution in [1.29, 1.82) is 0 Å². The number of halogens is 1. The summed E-state index contributed by atoms with van der Waals surface area (Å²) in [6, 6.07) is 13.4. The number of carbonyl (C=O) groups excluding carboxylic acids is 2. The number of nitrogens with one attached hydrogen (secondary N) is 2. The quantitative estimate of drug-likeness (QED) is 0.713. The van der Waals surface area contributed by atoms with Gasteiger partial charge >= 0.3 is 0 Å². The van der Waals surface area contributed by atoms with Gasteiger partial charge in [0.2, 0.25) is 11.8 Å². The van der Waals surface area contributed by atoms with E-state index in [2.05, 4.69) is 10.6 Å². The molecule has 0 saturated heterocycles. The van der Waals surface area contributed by atoms with Gasteiger partial charge < -0.3 is 15.4 Å². The molecule has 1 unspecified atom stereocenters. The lowest BCUT2D eigenvalue weighted by Gasteiger charge is -2.18. The van der Waals surface area contributed by atoms with E-state index < -0.39 is 11.9 Å². The number of benzene rings is 2. The fraction of sp³-hybridized carbons (Fsp3) is 0.300. The first kappa shape index (κ1) is 19.4. The van der Waals surface area contributed by atoms with Crippen LogP contribution in [0.25, 0.3) is 0 Å². The Morgan fingerprint density at radius 1 is 1.12 bits per heavy atom. The van der Waals surface area contributed by atoms with Crippen LogP contribution in [-0.4, -0.2) is 25.0 Å². The van der Waals surface area contributed by atoms with Gasteiger partial charge in [0, 0.05) is 6.92 Å². The molecule has 0 saturated carbocycles. The Morgan fingerprint density at radius 2 is 1.81 bits per heavy atom. The lowest BCUT2D eigenvalue weighted by Crippen LogP contribution is -2.34. The van der Waals surface area contributed by atoms with Gasteiger partial charge in [0.25, 0.3) is 0 Å². The minimum atomic E-state index is -0.441. The van der Waals surface area contributed by atoms with Crippen LogP contribution in [0, 0.1) is 12.7 Å². The van der Waals surface area contributed by atoms with Crippen LogP contribution < -0.4 is 15.4 Å². The van der Waals surface area contributed by atoms with Gasteiger partial charge in [-0.15, -0.1) is 0 Å². The molecule has 0 aromatic heterocycles. The van der Waals surface area contributed by atoms with Crippen molar-refractivity contribution in [2.75, 3.05) is 13.2 Å². The molecule has 2 aromatic carbocycles. The number of aryl methyl sites for hydroxylation is 1. The molecular weight excluding hydrogens is 335 g/mol. The van der Waals surface area contributed by atoms with E-state index in [1.165, 1.54) is 19.1 Å². The Labute approximate surface area is 152 Å². The zero-order valence-electron chi connectivity index (χ0n) is 14.9. The van der Waals surface area contributed by atoms with Gasteiger partial charge in [-0.1, -0.05) is 42.0 Å². The van der Waals surface area contributed by atoms with Crippen molar-refractivity contribution in [3.8, 4) is 5.75 Å². The minimum Gasteiger partial charge on any atom is -0.489 e. The molecule has 0 aliphatic carbocycles. The summed E-state index contributed by atoms with van der Waals surface area (Å²) < 4.78 is 18.7. The van der Waals surface area contributed by atoms with Gasteiger partial charge in [-0.05, 0) is 24.6 Å². The van der Waals surface area contributed by atoms with E-state index >= 15 is 0 Å². The number of hydrogen-bond acceptors (Lipinski definition) is 3. The molecule has 2 N–H and O–H groups in total. The maximum atomic E-state index is 13.4. The first-order valence-corrected chi connectivity index (χ1v) is 8.43. The number of amides is 2. The van der Waals surface area contributed by atoms with Gasteiger partial charge in [0.15, 0.2) is 11.6 Å². The molecule has 0 bridgehead atoms. The van der Waals surface area contributed by atoms with Gasteiger partial charge in [0.1, 0.15) is 6.61 Å². The molecule has 0 spiro atoms. The topological polar surface area (TPSA) is 67.4 Å². The van der Waals surface area contributed by atoms with Gasteiger partial charge in [0.05, 0.1) is 19.0 Å². The average molecular weight is 358 g/mol. The van der Waals surface area contributed by atoms with Crippen molar-refractivity contribution in [2.45, 2.75) is 26.3 Å². The van der Waals surface area contributed by atoms with Gasteiger partial charge in [-0.2, -0.15) is 0 Å². The molecule has 2 aromatic rings. The predicted octanol–water partition coefficient (Wildman–Crippen LogP) is 2.90. The zero-order chi connectivity index (χ0) is 18.9. The average Bonchev–Trinajstić information content (AvgIpc) is 2.60. The van der Waals surface area contributed by atoms with Gasteiger partial charge in [-0.25, -0.2) is 4.39 Å². The first-order chi connectivity index (χ1) is 12.5. The molecule has 26 heavy (non-hydrogen) atoms. The Morgan fingerprint density at radius 3 is 2.46 bits per heavy atom. The Bertz CT molecular complexity index is 747. The largest absolute Gasteiger partial charge is 0.489 e. The molecule has 1 atom stereocenters. The predicted molar refractivity (Wildman–Crippen MR) is 97.3 cm³/mol. The molecule has 0 heterocycles.